The maximum atomic E-state index is 12.5. The molecule has 0 amide bonds. The second-order valence-electron chi connectivity index (χ2n) is 3.73. The van der Waals surface area contributed by atoms with E-state index in [9.17, 15) is 26.7 Å². The summed E-state index contributed by atoms with van der Waals surface area (Å²) in [7, 11) is -4.01. The normalized spacial score (nSPS) is 12.4. The van der Waals surface area contributed by atoms with E-state index in [1.165, 1.54) is 0 Å². The number of rotatable bonds is 5. The third-order valence-electron chi connectivity index (χ3n) is 2.11. The van der Waals surface area contributed by atoms with Gasteiger partial charge < -0.3 is 5.11 Å². The average molecular weight is 298 g/mol. The summed E-state index contributed by atoms with van der Waals surface area (Å²) in [6.07, 6.45) is -4.10. The lowest BCUT2D eigenvalue weighted by Gasteiger charge is -2.13. The molecule has 0 atom stereocenters. The smallest absolute Gasteiger partial charge is 0.416 e. The standard InChI is InChI=1S/C10H13F3N2O3S/c1-2-5-14-19(17,18)15-8-6-7(10(11,12)13)3-4-9(8)16/h3-4,6,14-16H,2,5H2,1H3. The maximum Gasteiger partial charge on any atom is 0.416 e. The highest BCUT2D eigenvalue weighted by atomic mass is 32.2. The fraction of sp³-hybridized carbons (Fsp3) is 0.400. The lowest BCUT2D eigenvalue weighted by Crippen LogP contribution is -2.30. The van der Waals surface area contributed by atoms with Gasteiger partial charge in [0.2, 0.25) is 0 Å². The molecule has 0 unspecified atom stereocenters. The summed E-state index contributed by atoms with van der Waals surface area (Å²) in [5, 5.41) is 9.37. The predicted octanol–water partition coefficient (Wildman–Crippen LogP) is 2.07. The molecule has 0 saturated heterocycles. The first-order valence-electron chi connectivity index (χ1n) is 5.33. The molecular weight excluding hydrogens is 285 g/mol. The zero-order valence-corrected chi connectivity index (χ0v) is 10.8. The Hall–Kier alpha value is -1.48. The van der Waals surface area contributed by atoms with Gasteiger partial charge in [-0.1, -0.05) is 6.92 Å². The molecule has 1 rings (SSSR count). The van der Waals surface area contributed by atoms with Crippen molar-refractivity contribution in [3.63, 3.8) is 0 Å². The second kappa shape index (κ2) is 5.66. The van der Waals surface area contributed by atoms with Gasteiger partial charge in [-0.25, -0.2) is 0 Å². The Morgan fingerprint density at radius 3 is 2.47 bits per heavy atom. The predicted molar refractivity (Wildman–Crippen MR) is 63.9 cm³/mol. The number of hydrogen-bond donors (Lipinski definition) is 3. The van der Waals surface area contributed by atoms with E-state index >= 15 is 0 Å². The van der Waals surface area contributed by atoms with Crippen LogP contribution in [-0.2, 0) is 16.4 Å². The average Bonchev–Trinajstić information content (AvgIpc) is 2.28. The SMILES string of the molecule is CCCNS(=O)(=O)Nc1cc(C(F)(F)F)ccc1O. The highest BCUT2D eigenvalue weighted by Gasteiger charge is 2.31. The number of anilines is 1. The number of hydrogen-bond acceptors (Lipinski definition) is 3. The number of halogens is 3. The minimum atomic E-state index is -4.62. The maximum absolute atomic E-state index is 12.5. The molecule has 1 aromatic carbocycles. The van der Waals surface area contributed by atoms with E-state index in [1.54, 1.807) is 6.92 Å². The highest BCUT2D eigenvalue weighted by Crippen LogP contribution is 2.34. The van der Waals surface area contributed by atoms with Crippen molar-refractivity contribution < 1.29 is 26.7 Å². The zero-order valence-electron chi connectivity index (χ0n) is 9.95. The minimum absolute atomic E-state index is 0.134. The molecule has 0 spiro atoms. The highest BCUT2D eigenvalue weighted by molar-refractivity contribution is 7.90. The van der Waals surface area contributed by atoms with Crippen LogP contribution < -0.4 is 9.44 Å². The molecule has 19 heavy (non-hydrogen) atoms. The van der Waals surface area contributed by atoms with Gasteiger partial charge in [0.25, 0.3) is 10.2 Å². The van der Waals surface area contributed by atoms with E-state index < -0.39 is 33.4 Å². The number of phenolic OH excluding ortho intramolecular Hbond substituents is 1. The number of benzene rings is 1. The molecule has 1 aromatic rings. The van der Waals surface area contributed by atoms with Crippen LogP contribution in [0.3, 0.4) is 0 Å². The molecule has 0 aliphatic carbocycles. The van der Waals surface area contributed by atoms with Crippen molar-refractivity contribution in [1.29, 1.82) is 0 Å². The molecule has 0 bridgehead atoms. The lowest BCUT2D eigenvalue weighted by molar-refractivity contribution is -0.137. The van der Waals surface area contributed by atoms with Crippen LogP contribution in [0.25, 0.3) is 0 Å². The topological polar surface area (TPSA) is 78.4 Å². The van der Waals surface area contributed by atoms with E-state index in [4.69, 9.17) is 0 Å². The molecule has 0 aromatic heterocycles. The van der Waals surface area contributed by atoms with Crippen LogP contribution >= 0.6 is 0 Å². The molecule has 3 N–H and O–H groups in total. The fourth-order valence-electron chi connectivity index (χ4n) is 1.21. The van der Waals surface area contributed by atoms with Gasteiger partial charge in [0.1, 0.15) is 5.75 Å². The summed E-state index contributed by atoms with van der Waals surface area (Å²) >= 11 is 0. The van der Waals surface area contributed by atoms with Crippen molar-refractivity contribution in [2.24, 2.45) is 0 Å². The van der Waals surface area contributed by atoms with Crippen molar-refractivity contribution in [3.05, 3.63) is 23.8 Å². The van der Waals surface area contributed by atoms with E-state index in [2.05, 4.69) is 4.72 Å². The van der Waals surface area contributed by atoms with Gasteiger partial charge in [0.15, 0.2) is 0 Å². The van der Waals surface area contributed by atoms with E-state index in [-0.39, 0.29) is 6.54 Å². The van der Waals surface area contributed by atoms with E-state index in [0.29, 0.717) is 18.6 Å². The Labute approximate surface area is 108 Å². The van der Waals surface area contributed by atoms with Crippen LogP contribution in [-0.4, -0.2) is 20.1 Å². The third-order valence-corrected chi connectivity index (χ3v) is 3.18. The van der Waals surface area contributed by atoms with Crippen LogP contribution in [0.2, 0.25) is 0 Å². The summed E-state index contributed by atoms with van der Waals surface area (Å²) in [6, 6.07) is 1.97. The molecule has 5 nitrogen and oxygen atoms in total. The minimum Gasteiger partial charge on any atom is -0.506 e. The van der Waals surface area contributed by atoms with Gasteiger partial charge >= 0.3 is 6.18 Å². The monoisotopic (exact) mass is 298 g/mol. The first-order chi connectivity index (χ1) is 8.65. The Bertz CT molecular complexity index is 543. The Kier molecular flexibility index (Phi) is 4.64. The molecule has 0 aliphatic heterocycles. The molecule has 0 fully saturated rings. The van der Waals surface area contributed by atoms with Crippen LogP contribution in [0.1, 0.15) is 18.9 Å². The van der Waals surface area contributed by atoms with E-state index in [1.807, 2.05) is 4.72 Å². The quantitative estimate of drug-likeness (QED) is 0.728. The largest absolute Gasteiger partial charge is 0.506 e. The van der Waals surface area contributed by atoms with Crippen molar-refractivity contribution in [3.8, 4) is 5.75 Å². The van der Waals surface area contributed by atoms with Crippen LogP contribution in [0.5, 0.6) is 5.75 Å². The molecule has 9 heteroatoms. The van der Waals surface area contributed by atoms with Gasteiger partial charge in [-0.3, -0.25) is 4.72 Å². The molecule has 0 saturated carbocycles. The summed E-state index contributed by atoms with van der Waals surface area (Å²) in [6.45, 7) is 1.86. The van der Waals surface area contributed by atoms with Gasteiger partial charge in [-0.15, -0.1) is 0 Å². The van der Waals surface area contributed by atoms with Crippen LogP contribution in [0.4, 0.5) is 18.9 Å². The molecule has 0 aliphatic rings. The zero-order chi connectivity index (χ0) is 14.7. The van der Waals surface area contributed by atoms with Crippen molar-refractivity contribution in [2.45, 2.75) is 19.5 Å². The van der Waals surface area contributed by atoms with Gasteiger partial charge in [0.05, 0.1) is 11.3 Å². The van der Waals surface area contributed by atoms with Crippen molar-refractivity contribution in [1.82, 2.24) is 4.72 Å². The Morgan fingerprint density at radius 1 is 1.32 bits per heavy atom. The first-order valence-corrected chi connectivity index (χ1v) is 6.81. The van der Waals surface area contributed by atoms with Gasteiger partial charge in [0, 0.05) is 6.54 Å². The fourth-order valence-corrected chi connectivity index (χ4v) is 2.21. The lowest BCUT2D eigenvalue weighted by atomic mass is 10.2. The van der Waals surface area contributed by atoms with Crippen LogP contribution in [0.15, 0.2) is 18.2 Å². The Morgan fingerprint density at radius 2 is 1.95 bits per heavy atom. The number of aromatic hydroxyl groups is 1. The molecule has 0 heterocycles. The first kappa shape index (κ1) is 15.6. The summed E-state index contributed by atoms with van der Waals surface area (Å²) in [5.74, 6) is -0.588. The number of alkyl halides is 3. The summed E-state index contributed by atoms with van der Waals surface area (Å²) in [4.78, 5) is 0. The van der Waals surface area contributed by atoms with Crippen LogP contribution in [0, 0.1) is 0 Å². The van der Waals surface area contributed by atoms with Crippen molar-refractivity contribution >= 4 is 15.9 Å². The van der Waals surface area contributed by atoms with E-state index in [0.717, 1.165) is 6.07 Å². The summed E-state index contributed by atoms with van der Waals surface area (Å²) in [5.41, 5.74) is -1.59. The second-order valence-corrected chi connectivity index (χ2v) is 5.23. The summed E-state index contributed by atoms with van der Waals surface area (Å²) < 4.78 is 64.3. The van der Waals surface area contributed by atoms with Crippen molar-refractivity contribution in [2.75, 3.05) is 11.3 Å². The number of nitrogens with one attached hydrogen (secondary N) is 2. The third kappa shape index (κ3) is 4.60. The Balaban J connectivity index is 3.01. The molecule has 108 valence electrons. The molecular formula is C10H13F3N2O3S. The number of phenols is 1. The van der Waals surface area contributed by atoms with Gasteiger partial charge in [-0.05, 0) is 24.6 Å². The molecule has 0 radical (unpaired) electrons. The van der Waals surface area contributed by atoms with Gasteiger partial charge in [-0.2, -0.15) is 26.3 Å².